The summed E-state index contributed by atoms with van der Waals surface area (Å²) in [5.41, 5.74) is -4.54. The van der Waals surface area contributed by atoms with Crippen LogP contribution in [0.2, 0.25) is 0 Å². The van der Waals surface area contributed by atoms with Gasteiger partial charge in [-0.05, 0) is 76.6 Å². The van der Waals surface area contributed by atoms with Crippen LogP contribution in [0, 0.1) is 22.7 Å². The summed E-state index contributed by atoms with van der Waals surface area (Å²) in [6.45, 7) is 9.04. The summed E-state index contributed by atoms with van der Waals surface area (Å²) in [5, 5.41) is 26.9. The molecule has 21 heteroatoms. The Morgan fingerprint density at radius 3 is 2.27 bits per heavy atom. The molecule has 3 fully saturated rings. The number of alkyl halides is 5. The second-order valence-electron chi connectivity index (χ2n) is 16.3. The number of thiol groups is 1. The molecule has 3 aromatic rings. The van der Waals surface area contributed by atoms with Gasteiger partial charge >= 0.3 is 6.18 Å². The maximum Gasteiger partial charge on any atom is 0.419 e. The molecule has 6 rings (SSSR count). The smallest absolute Gasteiger partial charge is 0.419 e. The molecule has 2 unspecified atom stereocenters. The highest BCUT2D eigenvalue weighted by Crippen LogP contribution is 2.45. The number of ether oxygens (including phenoxy) is 1. The molecular formula is C42H45F5N10O5S. The molecule has 4 amide bonds. The van der Waals surface area contributed by atoms with Crippen LogP contribution in [0.4, 0.5) is 44.7 Å². The van der Waals surface area contributed by atoms with E-state index >= 15 is 8.78 Å². The zero-order valence-electron chi connectivity index (χ0n) is 34.9. The van der Waals surface area contributed by atoms with Gasteiger partial charge in [0, 0.05) is 62.1 Å². The van der Waals surface area contributed by atoms with Crippen molar-refractivity contribution in [3.05, 3.63) is 71.0 Å². The SMILES string of the molecule is C[C@@H]1CN(CCOc2ccc(N3C(S)N(c4cnc(C#N)c(C(F)(F)F)c4)C(=O)C3(C)C)cc2C(C)(F)F)C[C@H](C)N1CC(=O)Nc1cc(C#N)cc(NC2CCC(=O)NC2=O)c1. The van der Waals surface area contributed by atoms with Crippen molar-refractivity contribution < 1.29 is 45.9 Å². The molecule has 0 aliphatic carbocycles. The third kappa shape index (κ3) is 10.1. The van der Waals surface area contributed by atoms with Gasteiger partial charge in [0.2, 0.25) is 17.7 Å². The van der Waals surface area contributed by atoms with E-state index < -0.39 is 57.8 Å². The fourth-order valence-corrected chi connectivity index (χ4v) is 8.79. The lowest BCUT2D eigenvalue weighted by Gasteiger charge is -2.44. The first-order chi connectivity index (χ1) is 29.5. The van der Waals surface area contributed by atoms with E-state index in [0.717, 1.165) is 17.2 Å². The number of rotatable bonds is 12. The van der Waals surface area contributed by atoms with Crippen LogP contribution in [-0.4, -0.2) is 100 Å². The lowest BCUT2D eigenvalue weighted by atomic mass is 10.0. The first-order valence-corrected chi connectivity index (χ1v) is 20.4. The van der Waals surface area contributed by atoms with Crippen LogP contribution in [0.5, 0.6) is 5.75 Å². The van der Waals surface area contributed by atoms with Crippen LogP contribution >= 0.6 is 12.6 Å². The molecule has 1 aromatic heterocycles. The minimum absolute atomic E-state index is 0.0245. The number of carbonyl (C=O) groups is 4. The van der Waals surface area contributed by atoms with E-state index in [9.17, 15) is 42.9 Å². The number of anilines is 4. The maximum atomic E-state index is 15.2. The number of nitrogens with one attached hydrogen (secondary N) is 3. The highest BCUT2D eigenvalue weighted by molar-refractivity contribution is 7.81. The number of amides is 4. The van der Waals surface area contributed by atoms with Gasteiger partial charge in [0.25, 0.3) is 11.8 Å². The average Bonchev–Trinajstić information content (AvgIpc) is 3.38. The van der Waals surface area contributed by atoms with Crippen molar-refractivity contribution in [2.45, 2.75) is 88.7 Å². The molecule has 2 aromatic carbocycles. The predicted molar refractivity (Wildman–Crippen MR) is 224 cm³/mol. The van der Waals surface area contributed by atoms with Gasteiger partial charge in [-0.3, -0.25) is 39.2 Å². The lowest BCUT2D eigenvalue weighted by Crippen LogP contribution is -2.58. The van der Waals surface area contributed by atoms with E-state index in [2.05, 4.69) is 38.5 Å². The topological polar surface area (TPSA) is 187 Å². The third-order valence-corrected chi connectivity index (χ3v) is 11.6. The second kappa shape index (κ2) is 18.0. The Morgan fingerprint density at radius 2 is 1.65 bits per heavy atom. The predicted octanol–water partition coefficient (Wildman–Crippen LogP) is 5.43. The Labute approximate surface area is 365 Å². The zero-order valence-corrected chi connectivity index (χ0v) is 35.8. The summed E-state index contributed by atoms with van der Waals surface area (Å²) in [5.74, 6) is -5.37. The summed E-state index contributed by atoms with van der Waals surface area (Å²) in [7, 11) is 0. The van der Waals surface area contributed by atoms with E-state index in [1.807, 2.05) is 24.8 Å². The molecule has 0 spiro atoms. The summed E-state index contributed by atoms with van der Waals surface area (Å²) >= 11 is 4.55. The molecule has 4 heterocycles. The summed E-state index contributed by atoms with van der Waals surface area (Å²) < 4.78 is 77.7. The Hall–Kier alpha value is -6.03. The summed E-state index contributed by atoms with van der Waals surface area (Å²) in [6.07, 6.45) is -3.54. The Morgan fingerprint density at radius 1 is 0.984 bits per heavy atom. The molecular weight excluding hydrogens is 852 g/mol. The van der Waals surface area contributed by atoms with Gasteiger partial charge in [0.1, 0.15) is 30.0 Å². The van der Waals surface area contributed by atoms with Crippen molar-refractivity contribution in [3.63, 3.8) is 0 Å². The number of imide groups is 1. The van der Waals surface area contributed by atoms with Gasteiger partial charge in [-0.2, -0.15) is 23.7 Å². The summed E-state index contributed by atoms with van der Waals surface area (Å²) in [4.78, 5) is 60.9. The number of carbonyl (C=O) groups excluding carboxylic acids is 4. The number of benzene rings is 2. The second-order valence-corrected chi connectivity index (χ2v) is 16.8. The van der Waals surface area contributed by atoms with Gasteiger partial charge in [0.15, 0.2) is 11.2 Å². The van der Waals surface area contributed by atoms with Crippen molar-refractivity contribution in [1.29, 1.82) is 10.5 Å². The van der Waals surface area contributed by atoms with Crippen LogP contribution in [0.15, 0.2) is 48.7 Å². The molecule has 0 bridgehead atoms. The fourth-order valence-electron chi connectivity index (χ4n) is 8.13. The number of hydrogen-bond acceptors (Lipinski definition) is 13. The molecule has 3 N–H and O–H groups in total. The quantitative estimate of drug-likeness (QED) is 0.103. The number of piperazine rings is 1. The number of hydrogen-bond donors (Lipinski definition) is 4. The number of halogens is 5. The van der Waals surface area contributed by atoms with Gasteiger partial charge in [0.05, 0.1) is 41.2 Å². The molecule has 0 radical (unpaired) electrons. The van der Waals surface area contributed by atoms with Gasteiger partial charge in [-0.15, -0.1) is 12.6 Å². The minimum Gasteiger partial charge on any atom is -0.492 e. The summed E-state index contributed by atoms with van der Waals surface area (Å²) in [6, 6.07) is 11.8. The number of nitriles is 2. The normalized spacial score (nSPS) is 22.0. The Balaban J connectivity index is 1.08. The number of nitrogens with zero attached hydrogens (tertiary/aromatic N) is 7. The monoisotopic (exact) mass is 896 g/mol. The standard InChI is InChI=1S/C42H45F5N10O5S/c1-23-20-54(21-24(2)55(23)22-36(59)52-27-13-25(17-48)12-26(14-27)51-32-7-9-35(58)53-37(32)60)10-11-62-34-8-6-28(15-31(34)41(5,43)44)57-39(63)56(38(61)40(57,3)4)29-16-30(42(45,46)47)33(18-49)50-19-29/h6,8,12-16,19,23-24,32,39,51,63H,7,9-11,20-22H2,1-5H3,(H,52,59)(H,53,58,60)/t23-,24+,32?,39?. The van der Waals surface area contributed by atoms with Crippen LogP contribution in [0.25, 0.3) is 0 Å². The first-order valence-electron chi connectivity index (χ1n) is 19.9. The first kappa shape index (κ1) is 46.5. The molecule has 15 nitrogen and oxygen atoms in total. The molecule has 4 atom stereocenters. The lowest BCUT2D eigenvalue weighted by molar-refractivity contribution is -0.138. The molecule has 3 aliphatic heterocycles. The van der Waals surface area contributed by atoms with Crippen molar-refractivity contribution in [2.75, 3.05) is 53.2 Å². The number of piperidine rings is 1. The van der Waals surface area contributed by atoms with Crippen LogP contribution in [0.3, 0.4) is 0 Å². The van der Waals surface area contributed by atoms with E-state index in [4.69, 9.17) is 4.74 Å². The van der Waals surface area contributed by atoms with Gasteiger partial charge < -0.3 is 20.3 Å². The number of aromatic nitrogens is 1. The minimum atomic E-state index is -4.94. The molecule has 0 saturated carbocycles. The molecule has 3 aliphatic rings. The molecule has 334 valence electrons. The highest BCUT2D eigenvalue weighted by Gasteiger charge is 2.52. The van der Waals surface area contributed by atoms with Crippen molar-refractivity contribution >= 4 is 59.0 Å². The largest absolute Gasteiger partial charge is 0.492 e. The Kier molecular flexibility index (Phi) is 13.3. The third-order valence-electron chi connectivity index (χ3n) is 11.2. The Bertz CT molecular complexity index is 2370. The molecule has 63 heavy (non-hydrogen) atoms. The van der Waals surface area contributed by atoms with Crippen LogP contribution in [-0.2, 0) is 31.3 Å². The van der Waals surface area contributed by atoms with E-state index in [0.29, 0.717) is 44.0 Å². The van der Waals surface area contributed by atoms with Crippen molar-refractivity contribution in [3.8, 4) is 17.9 Å². The van der Waals surface area contributed by atoms with E-state index in [-0.39, 0.29) is 72.6 Å². The highest BCUT2D eigenvalue weighted by atomic mass is 32.1. The van der Waals surface area contributed by atoms with Crippen molar-refractivity contribution in [2.24, 2.45) is 0 Å². The maximum absolute atomic E-state index is 15.2. The number of pyridine rings is 1. The van der Waals surface area contributed by atoms with Crippen LogP contribution in [0.1, 0.15) is 69.8 Å². The van der Waals surface area contributed by atoms with Gasteiger partial charge in [-0.25, -0.2) is 13.8 Å². The zero-order chi connectivity index (χ0) is 46.2. The van der Waals surface area contributed by atoms with Crippen LogP contribution < -0.4 is 30.5 Å². The average molecular weight is 897 g/mol. The van der Waals surface area contributed by atoms with Gasteiger partial charge in [-0.1, -0.05) is 0 Å². The molecule has 3 saturated heterocycles. The van der Waals surface area contributed by atoms with E-state index in [1.54, 1.807) is 12.1 Å². The van der Waals surface area contributed by atoms with E-state index in [1.165, 1.54) is 43.0 Å². The van der Waals surface area contributed by atoms with Crippen molar-refractivity contribution in [1.82, 2.24) is 20.1 Å². The fraction of sp³-hybridized carbons (Fsp3) is 0.452.